The van der Waals surface area contributed by atoms with Crippen LogP contribution in [-0.4, -0.2) is 25.8 Å². The quantitative estimate of drug-likeness (QED) is 0.638. The van der Waals surface area contributed by atoms with Crippen molar-refractivity contribution >= 4 is 0 Å². The maximum absolute atomic E-state index is 8.83. The van der Waals surface area contributed by atoms with E-state index in [4.69, 9.17) is 10.00 Å². The third kappa shape index (κ3) is 8.41. The van der Waals surface area contributed by atoms with Crippen LogP contribution >= 0.6 is 0 Å². The molecule has 0 bridgehead atoms. The highest BCUT2D eigenvalue weighted by Gasteiger charge is 2.07. The van der Waals surface area contributed by atoms with Crippen LogP contribution in [0.25, 0.3) is 0 Å². The summed E-state index contributed by atoms with van der Waals surface area (Å²) in [5.41, 5.74) is 0. The summed E-state index contributed by atoms with van der Waals surface area (Å²) in [6.07, 6.45) is 3.43. The Morgan fingerprint density at radius 3 is 2.53 bits per heavy atom. The molecular formula is C12H24N2O. The Morgan fingerprint density at radius 2 is 2.00 bits per heavy atom. The number of ether oxygens (including phenoxy) is 1. The highest BCUT2D eigenvalue weighted by atomic mass is 16.5. The van der Waals surface area contributed by atoms with Crippen molar-refractivity contribution < 1.29 is 4.74 Å². The molecule has 88 valence electrons. The molecule has 0 saturated heterocycles. The van der Waals surface area contributed by atoms with Crippen molar-refractivity contribution in [3.63, 3.8) is 0 Å². The second-order valence-electron chi connectivity index (χ2n) is 4.07. The predicted octanol–water partition coefficient (Wildman–Crippen LogP) is 2.33. The Kier molecular flexibility index (Phi) is 9.55. The molecule has 0 aliphatic rings. The van der Waals surface area contributed by atoms with E-state index < -0.39 is 0 Å². The molecule has 0 spiro atoms. The summed E-state index contributed by atoms with van der Waals surface area (Å²) in [4.78, 5) is 0. The molecule has 3 heteroatoms. The Bertz CT molecular complexity index is 177. The van der Waals surface area contributed by atoms with Crippen molar-refractivity contribution in [1.29, 1.82) is 5.26 Å². The van der Waals surface area contributed by atoms with E-state index in [-0.39, 0.29) is 6.04 Å². The van der Waals surface area contributed by atoms with Crippen LogP contribution in [0.1, 0.15) is 40.0 Å². The molecule has 0 aliphatic heterocycles. The maximum atomic E-state index is 8.83. The predicted molar refractivity (Wildman–Crippen MR) is 62.6 cm³/mol. The summed E-state index contributed by atoms with van der Waals surface area (Å²) in [6.45, 7) is 8.60. The fraction of sp³-hybridized carbons (Fsp3) is 0.917. The van der Waals surface area contributed by atoms with Crippen LogP contribution in [0.15, 0.2) is 0 Å². The highest BCUT2D eigenvalue weighted by molar-refractivity contribution is 4.89. The molecule has 0 radical (unpaired) electrons. The van der Waals surface area contributed by atoms with E-state index in [9.17, 15) is 0 Å². The van der Waals surface area contributed by atoms with E-state index in [0.717, 1.165) is 19.6 Å². The van der Waals surface area contributed by atoms with Crippen molar-refractivity contribution in [2.45, 2.75) is 46.1 Å². The van der Waals surface area contributed by atoms with Crippen LogP contribution in [-0.2, 0) is 4.74 Å². The van der Waals surface area contributed by atoms with Crippen molar-refractivity contribution in [2.75, 3.05) is 19.8 Å². The van der Waals surface area contributed by atoms with Gasteiger partial charge in [0.25, 0.3) is 0 Å². The van der Waals surface area contributed by atoms with E-state index in [1.807, 2.05) is 0 Å². The minimum atomic E-state index is -0.154. The molecule has 15 heavy (non-hydrogen) atoms. The zero-order valence-corrected chi connectivity index (χ0v) is 10.3. The van der Waals surface area contributed by atoms with Crippen molar-refractivity contribution in [2.24, 2.45) is 5.92 Å². The molecule has 0 aromatic rings. The lowest BCUT2D eigenvalue weighted by atomic mass is 10.1. The maximum Gasteiger partial charge on any atom is 0.119 e. The second-order valence-corrected chi connectivity index (χ2v) is 4.07. The van der Waals surface area contributed by atoms with E-state index in [2.05, 4.69) is 32.2 Å². The summed E-state index contributed by atoms with van der Waals surface area (Å²) < 4.78 is 5.51. The average molecular weight is 212 g/mol. The molecule has 3 nitrogen and oxygen atoms in total. The van der Waals surface area contributed by atoms with Crippen molar-refractivity contribution in [3.05, 3.63) is 0 Å². The summed E-state index contributed by atoms with van der Waals surface area (Å²) in [7, 11) is 0. The molecule has 0 aliphatic carbocycles. The lowest BCUT2D eigenvalue weighted by molar-refractivity contribution is 0.0930. The van der Waals surface area contributed by atoms with Crippen LogP contribution in [0, 0.1) is 17.2 Å². The number of nitriles is 1. The van der Waals surface area contributed by atoms with Gasteiger partial charge in [-0.2, -0.15) is 5.26 Å². The van der Waals surface area contributed by atoms with Gasteiger partial charge in [-0.3, -0.25) is 0 Å². The van der Waals surface area contributed by atoms with Gasteiger partial charge in [0.15, 0.2) is 0 Å². The van der Waals surface area contributed by atoms with Crippen LogP contribution in [0.5, 0.6) is 0 Å². The van der Waals surface area contributed by atoms with Gasteiger partial charge in [-0.1, -0.05) is 27.2 Å². The van der Waals surface area contributed by atoms with Gasteiger partial charge < -0.3 is 10.1 Å². The van der Waals surface area contributed by atoms with E-state index in [1.54, 1.807) is 0 Å². The molecule has 0 aromatic carbocycles. The molecule has 0 saturated carbocycles. The van der Waals surface area contributed by atoms with E-state index in [1.165, 1.54) is 12.8 Å². The first-order valence-electron chi connectivity index (χ1n) is 5.95. The highest BCUT2D eigenvalue weighted by Crippen LogP contribution is 2.05. The monoisotopic (exact) mass is 212 g/mol. The van der Waals surface area contributed by atoms with Crippen molar-refractivity contribution in [3.8, 4) is 6.07 Å². The Balaban J connectivity index is 3.50. The molecule has 0 amide bonds. The number of hydrogen-bond donors (Lipinski definition) is 1. The standard InChI is InChI=1S/C12H24N2O/c1-4-6-11(3)9-15-10-12(8-13)14-7-5-2/h11-12,14H,4-7,9-10H2,1-3H3. The molecule has 0 rings (SSSR count). The first-order chi connectivity index (χ1) is 7.24. The largest absolute Gasteiger partial charge is 0.378 e. The number of nitrogens with zero attached hydrogens (tertiary/aromatic N) is 1. The number of rotatable bonds is 9. The fourth-order valence-corrected chi connectivity index (χ4v) is 1.42. The van der Waals surface area contributed by atoms with Gasteiger partial charge in [0.05, 0.1) is 12.7 Å². The SMILES string of the molecule is CCCNC(C#N)COCC(C)CCC. The van der Waals surface area contributed by atoms with Gasteiger partial charge in [0.1, 0.15) is 6.04 Å². The van der Waals surface area contributed by atoms with Crippen molar-refractivity contribution in [1.82, 2.24) is 5.32 Å². The zero-order valence-electron chi connectivity index (χ0n) is 10.3. The third-order valence-corrected chi connectivity index (χ3v) is 2.26. The molecule has 2 unspecified atom stereocenters. The topological polar surface area (TPSA) is 45.0 Å². The second kappa shape index (κ2) is 9.95. The summed E-state index contributed by atoms with van der Waals surface area (Å²) in [5.74, 6) is 0.598. The molecule has 0 fully saturated rings. The first kappa shape index (κ1) is 14.4. The molecular weight excluding hydrogens is 188 g/mol. The van der Waals surface area contributed by atoms with Crippen LogP contribution in [0.2, 0.25) is 0 Å². The van der Waals surface area contributed by atoms with Gasteiger partial charge in [-0.25, -0.2) is 0 Å². The molecule has 0 aromatic heterocycles. The number of hydrogen-bond acceptors (Lipinski definition) is 3. The Hall–Kier alpha value is -0.590. The van der Waals surface area contributed by atoms with Gasteiger partial charge in [-0.05, 0) is 25.3 Å². The lowest BCUT2D eigenvalue weighted by Crippen LogP contribution is -2.33. The van der Waals surface area contributed by atoms with Crippen LogP contribution in [0.3, 0.4) is 0 Å². The van der Waals surface area contributed by atoms with E-state index in [0.29, 0.717) is 12.5 Å². The van der Waals surface area contributed by atoms with E-state index >= 15 is 0 Å². The average Bonchev–Trinajstić information content (AvgIpc) is 2.23. The summed E-state index contributed by atoms with van der Waals surface area (Å²) >= 11 is 0. The summed E-state index contributed by atoms with van der Waals surface area (Å²) in [6, 6.07) is 2.05. The summed E-state index contributed by atoms with van der Waals surface area (Å²) in [5, 5.41) is 12.0. The third-order valence-electron chi connectivity index (χ3n) is 2.26. The Morgan fingerprint density at radius 1 is 1.27 bits per heavy atom. The van der Waals surface area contributed by atoms with Gasteiger partial charge >= 0.3 is 0 Å². The first-order valence-corrected chi connectivity index (χ1v) is 5.95. The molecule has 2 atom stereocenters. The zero-order chi connectivity index (χ0) is 11.5. The Labute approximate surface area is 93.8 Å². The lowest BCUT2D eigenvalue weighted by Gasteiger charge is -2.14. The van der Waals surface area contributed by atoms with Gasteiger partial charge in [-0.15, -0.1) is 0 Å². The smallest absolute Gasteiger partial charge is 0.119 e. The minimum Gasteiger partial charge on any atom is -0.378 e. The molecule has 1 N–H and O–H groups in total. The van der Waals surface area contributed by atoms with Crippen LogP contribution < -0.4 is 5.32 Å². The van der Waals surface area contributed by atoms with Gasteiger partial charge in [0, 0.05) is 6.61 Å². The number of nitrogens with one attached hydrogen (secondary N) is 1. The van der Waals surface area contributed by atoms with Gasteiger partial charge in [0.2, 0.25) is 0 Å². The molecule has 0 heterocycles. The van der Waals surface area contributed by atoms with Crippen LogP contribution in [0.4, 0.5) is 0 Å². The fourth-order valence-electron chi connectivity index (χ4n) is 1.42. The normalized spacial score (nSPS) is 14.5. The minimum absolute atomic E-state index is 0.154.